The van der Waals surface area contributed by atoms with E-state index in [1.807, 2.05) is 0 Å². The number of rotatable bonds is 0. The third-order valence-corrected chi connectivity index (χ3v) is 2.20. The van der Waals surface area contributed by atoms with Gasteiger partial charge in [0, 0.05) is 11.7 Å². The fraction of sp³-hybridized carbons (Fsp3) is 0.200. The van der Waals surface area contributed by atoms with Crippen molar-refractivity contribution in [2.45, 2.75) is 13.1 Å². The highest BCUT2D eigenvalue weighted by Gasteiger charge is 2.32. The van der Waals surface area contributed by atoms with E-state index in [2.05, 4.69) is 4.98 Å². The minimum atomic E-state index is -4.27. The van der Waals surface area contributed by atoms with Gasteiger partial charge < -0.3 is 4.98 Å². The van der Waals surface area contributed by atoms with Crippen LogP contribution in [0.1, 0.15) is 11.1 Å². The van der Waals surface area contributed by atoms with Gasteiger partial charge in [0.05, 0.1) is 5.56 Å². The Morgan fingerprint density at radius 2 is 1.93 bits per heavy atom. The van der Waals surface area contributed by atoms with Crippen LogP contribution in [0.25, 0.3) is 10.9 Å². The first-order chi connectivity index (χ1) is 6.48. The maximum absolute atomic E-state index is 12.5. The monoisotopic (exact) mass is 199 g/mol. The van der Waals surface area contributed by atoms with Gasteiger partial charge in [-0.3, -0.25) is 0 Å². The fourth-order valence-electron chi connectivity index (χ4n) is 1.51. The molecular formula is C10H8F3N. The van der Waals surface area contributed by atoms with Gasteiger partial charge in [-0.15, -0.1) is 0 Å². The molecule has 1 nitrogen and oxygen atoms in total. The lowest BCUT2D eigenvalue weighted by Gasteiger charge is -2.09. The van der Waals surface area contributed by atoms with E-state index in [4.69, 9.17) is 0 Å². The quantitative estimate of drug-likeness (QED) is 0.668. The first kappa shape index (κ1) is 9.12. The van der Waals surface area contributed by atoms with Crippen molar-refractivity contribution < 1.29 is 13.2 Å². The lowest BCUT2D eigenvalue weighted by Crippen LogP contribution is -2.06. The summed E-state index contributed by atoms with van der Waals surface area (Å²) in [7, 11) is 0. The Kier molecular flexibility index (Phi) is 1.80. The molecule has 0 atom stereocenters. The molecule has 0 fully saturated rings. The minimum Gasteiger partial charge on any atom is -0.361 e. The Balaban J connectivity index is 2.71. The second kappa shape index (κ2) is 2.77. The third kappa shape index (κ3) is 1.36. The lowest BCUT2D eigenvalue weighted by molar-refractivity contribution is -0.137. The smallest absolute Gasteiger partial charge is 0.361 e. The number of aromatic nitrogens is 1. The van der Waals surface area contributed by atoms with Crippen molar-refractivity contribution in [2.75, 3.05) is 0 Å². The molecule has 0 radical (unpaired) electrons. The standard InChI is InChI=1S/C10H8F3N/c1-6-4-9-7(2-3-14-9)5-8(6)10(11,12)13/h2-5,14H,1H3. The summed E-state index contributed by atoms with van der Waals surface area (Å²) in [5.74, 6) is 0. The van der Waals surface area contributed by atoms with E-state index < -0.39 is 11.7 Å². The molecule has 0 aliphatic carbocycles. The van der Waals surface area contributed by atoms with Crippen LogP contribution in [0.15, 0.2) is 24.4 Å². The summed E-state index contributed by atoms with van der Waals surface area (Å²) in [5.41, 5.74) is 0.410. The van der Waals surface area contributed by atoms with E-state index in [9.17, 15) is 13.2 Å². The molecule has 14 heavy (non-hydrogen) atoms. The highest BCUT2D eigenvalue weighted by molar-refractivity contribution is 5.81. The molecule has 0 aliphatic rings. The Bertz CT molecular complexity index is 468. The number of H-pyrrole nitrogens is 1. The molecule has 1 heterocycles. The first-order valence-corrected chi connectivity index (χ1v) is 4.13. The molecule has 0 amide bonds. The van der Waals surface area contributed by atoms with Gasteiger partial charge in [-0.2, -0.15) is 13.2 Å². The molecule has 0 spiro atoms. The minimum absolute atomic E-state index is 0.243. The number of hydrogen-bond acceptors (Lipinski definition) is 0. The lowest BCUT2D eigenvalue weighted by atomic mass is 10.1. The molecule has 0 aliphatic heterocycles. The normalized spacial score (nSPS) is 12.3. The molecule has 1 aromatic carbocycles. The molecule has 0 unspecified atom stereocenters. The summed E-state index contributed by atoms with van der Waals surface area (Å²) in [6, 6.07) is 4.31. The highest BCUT2D eigenvalue weighted by atomic mass is 19.4. The fourth-order valence-corrected chi connectivity index (χ4v) is 1.51. The van der Waals surface area contributed by atoms with Gasteiger partial charge in [-0.05, 0) is 36.1 Å². The van der Waals surface area contributed by atoms with Crippen molar-refractivity contribution in [1.29, 1.82) is 0 Å². The summed E-state index contributed by atoms with van der Waals surface area (Å²) in [6.07, 6.45) is -2.64. The van der Waals surface area contributed by atoms with Crippen molar-refractivity contribution in [3.05, 3.63) is 35.5 Å². The van der Waals surface area contributed by atoms with Crippen molar-refractivity contribution in [3.63, 3.8) is 0 Å². The molecule has 0 saturated carbocycles. The van der Waals surface area contributed by atoms with Crippen LogP contribution < -0.4 is 0 Å². The van der Waals surface area contributed by atoms with E-state index in [-0.39, 0.29) is 5.56 Å². The van der Waals surface area contributed by atoms with E-state index in [0.717, 1.165) is 5.52 Å². The summed E-state index contributed by atoms with van der Waals surface area (Å²) in [5, 5.41) is 0.586. The van der Waals surface area contributed by atoms with Crippen LogP contribution in [0.5, 0.6) is 0 Å². The number of nitrogens with one attached hydrogen (secondary N) is 1. The molecule has 2 aromatic rings. The van der Waals surface area contributed by atoms with E-state index in [1.165, 1.54) is 19.1 Å². The van der Waals surface area contributed by atoms with E-state index in [1.54, 1.807) is 12.3 Å². The van der Waals surface area contributed by atoms with Gasteiger partial charge in [0.2, 0.25) is 0 Å². The van der Waals surface area contributed by atoms with Gasteiger partial charge >= 0.3 is 6.18 Å². The summed E-state index contributed by atoms with van der Waals surface area (Å²) in [4.78, 5) is 2.87. The topological polar surface area (TPSA) is 15.8 Å². The van der Waals surface area contributed by atoms with Crippen molar-refractivity contribution in [2.24, 2.45) is 0 Å². The van der Waals surface area contributed by atoms with Crippen molar-refractivity contribution >= 4 is 10.9 Å². The Morgan fingerprint density at radius 1 is 1.21 bits per heavy atom. The average molecular weight is 199 g/mol. The Labute approximate surface area is 78.5 Å². The molecule has 2 rings (SSSR count). The van der Waals surface area contributed by atoms with Crippen LogP contribution >= 0.6 is 0 Å². The van der Waals surface area contributed by atoms with Crippen LogP contribution in [-0.2, 0) is 6.18 Å². The molecule has 1 N–H and O–H groups in total. The highest BCUT2D eigenvalue weighted by Crippen LogP contribution is 2.33. The number of benzene rings is 1. The molecule has 0 saturated heterocycles. The largest absolute Gasteiger partial charge is 0.416 e. The van der Waals surface area contributed by atoms with Crippen molar-refractivity contribution in [3.8, 4) is 0 Å². The second-order valence-corrected chi connectivity index (χ2v) is 3.23. The number of fused-ring (bicyclic) bond motifs is 1. The van der Waals surface area contributed by atoms with Crippen LogP contribution in [0.2, 0.25) is 0 Å². The zero-order chi connectivity index (χ0) is 10.3. The maximum Gasteiger partial charge on any atom is 0.416 e. The zero-order valence-corrected chi connectivity index (χ0v) is 7.44. The number of aromatic amines is 1. The number of aryl methyl sites for hydroxylation is 1. The third-order valence-electron chi connectivity index (χ3n) is 2.20. The van der Waals surface area contributed by atoms with Crippen LogP contribution in [0.3, 0.4) is 0 Å². The van der Waals surface area contributed by atoms with E-state index in [0.29, 0.717) is 5.39 Å². The summed E-state index contributed by atoms with van der Waals surface area (Å²) < 4.78 is 37.4. The predicted molar refractivity (Wildman–Crippen MR) is 48.0 cm³/mol. The average Bonchev–Trinajstić information content (AvgIpc) is 2.47. The number of alkyl halides is 3. The number of halogens is 3. The molecular weight excluding hydrogens is 191 g/mol. The molecule has 1 aromatic heterocycles. The van der Waals surface area contributed by atoms with Crippen LogP contribution in [0, 0.1) is 6.92 Å². The SMILES string of the molecule is Cc1cc2[nH]ccc2cc1C(F)(F)F. The van der Waals surface area contributed by atoms with E-state index >= 15 is 0 Å². The zero-order valence-electron chi connectivity index (χ0n) is 7.44. The van der Waals surface area contributed by atoms with Crippen LogP contribution in [0.4, 0.5) is 13.2 Å². The first-order valence-electron chi connectivity index (χ1n) is 4.13. The Hall–Kier alpha value is -1.45. The van der Waals surface area contributed by atoms with Gasteiger partial charge in [0.25, 0.3) is 0 Å². The molecule has 74 valence electrons. The van der Waals surface area contributed by atoms with Gasteiger partial charge in [0.1, 0.15) is 0 Å². The second-order valence-electron chi connectivity index (χ2n) is 3.23. The molecule has 0 bridgehead atoms. The summed E-state index contributed by atoms with van der Waals surface area (Å²) >= 11 is 0. The maximum atomic E-state index is 12.5. The predicted octanol–water partition coefficient (Wildman–Crippen LogP) is 3.50. The van der Waals surface area contributed by atoms with Gasteiger partial charge in [0.15, 0.2) is 0 Å². The van der Waals surface area contributed by atoms with Crippen molar-refractivity contribution in [1.82, 2.24) is 4.98 Å². The van der Waals surface area contributed by atoms with Gasteiger partial charge in [-0.25, -0.2) is 0 Å². The van der Waals surface area contributed by atoms with Crippen LogP contribution in [-0.4, -0.2) is 4.98 Å². The Morgan fingerprint density at radius 3 is 2.57 bits per heavy atom. The number of hydrogen-bond donors (Lipinski definition) is 1. The van der Waals surface area contributed by atoms with Gasteiger partial charge in [-0.1, -0.05) is 0 Å². The summed E-state index contributed by atoms with van der Waals surface area (Å²) in [6.45, 7) is 1.46. The molecule has 4 heteroatoms.